The largest absolute Gasteiger partial charge is 0.497 e. The number of halogens is 1. The Balaban J connectivity index is 1.48. The van der Waals surface area contributed by atoms with Crippen molar-refractivity contribution in [3.8, 4) is 16.9 Å². The highest BCUT2D eigenvalue weighted by molar-refractivity contribution is 6.33. The van der Waals surface area contributed by atoms with Crippen LogP contribution in [0, 0.1) is 0 Å². The quantitative estimate of drug-likeness (QED) is 0.530. The number of amides is 1. The number of aromatic nitrogens is 1. The first-order valence-electron chi connectivity index (χ1n) is 10.6. The number of benzene rings is 2. The van der Waals surface area contributed by atoms with Crippen molar-refractivity contribution in [3.05, 3.63) is 71.4 Å². The summed E-state index contributed by atoms with van der Waals surface area (Å²) in [6.07, 6.45) is 6.69. The van der Waals surface area contributed by atoms with E-state index in [-0.39, 0.29) is 5.91 Å². The normalized spacial score (nSPS) is 14.1. The zero-order valence-corrected chi connectivity index (χ0v) is 18.4. The zero-order chi connectivity index (χ0) is 21.6. The highest BCUT2D eigenvalue weighted by Crippen LogP contribution is 2.30. The number of nitrogens with zero attached hydrogens (tertiary/aromatic N) is 2. The molecule has 2 heterocycles. The van der Waals surface area contributed by atoms with Crippen molar-refractivity contribution in [3.63, 3.8) is 0 Å². The third kappa shape index (κ3) is 5.17. The van der Waals surface area contributed by atoms with Gasteiger partial charge in [0.05, 0.1) is 19.0 Å². The molecule has 0 aliphatic carbocycles. The Hall–Kier alpha value is -3.05. The topological polar surface area (TPSA) is 54.5 Å². The third-order valence-corrected chi connectivity index (χ3v) is 5.89. The van der Waals surface area contributed by atoms with Gasteiger partial charge in [-0.3, -0.25) is 4.79 Å². The molecule has 1 aliphatic rings. The first-order valence-corrected chi connectivity index (χ1v) is 11.0. The van der Waals surface area contributed by atoms with Crippen molar-refractivity contribution >= 4 is 29.0 Å². The van der Waals surface area contributed by atoms with E-state index in [1.807, 2.05) is 36.4 Å². The summed E-state index contributed by atoms with van der Waals surface area (Å²) in [7, 11) is 1.63. The van der Waals surface area contributed by atoms with Crippen LogP contribution >= 0.6 is 11.6 Å². The minimum atomic E-state index is -0.198. The Morgan fingerprint density at radius 2 is 1.74 bits per heavy atom. The summed E-state index contributed by atoms with van der Waals surface area (Å²) in [6.45, 7) is 2.08. The Morgan fingerprint density at radius 3 is 2.39 bits per heavy atom. The van der Waals surface area contributed by atoms with E-state index in [1.165, 1.54) is 25.7 Å². The molecular formula is C25H26ClN3O2. The maximum absolute atomic E-state index is 12.8. The SMILES string of the molecule is COc1ccc(-c2cc(C(=O)Nc3ccc(N4CCCCCC4)nc3)ccc2Cl)cc1. The first-order chi connectivity index (χ1) is 15.1. The van der Waals surface area contributed by atoms with E-state index in [4.69, 9.17) is 16.3 Å². The second-order valence-electron chi connectivity index (χ2n) is 7.68. The lowest BCUT2D eigenvalue weighted by Gasteiger charge is -2.21. The molecule has 6 heteroatoms. The van der Waals surface area contributed by atoms with Gasteiger partial charge in [-0.05, 0) is 60.9 Å². The van der Waals surface area contributed by atoms with Gasteiger partial charge < -0.3 is 15.0 Å². The van der Waals surface area contributed by atoms with Crippen LogP contribution in [0.4, 0.5) is 11.5 Å². The van der Waals surface area contributed by atoms with E-state index >= 15 is 0 Å². The van der Waals surface area contributed by atoms with E-state index < -0.39 is 0 Å². The van der Waals surface area contributed by atoms with Crippen molar-refractivity contribution < 1.29 is 9.53 Å². The van der Waals surface area contributed by atoms with E-state index in [0.29, 0.717) is 16.3 Å². The average molecular weight is 436 g/mol. The van der Waals surface area contributed by atoms with Crippen molar-refractivity contribution in [2.24, 2.45) is 0 Å². The van der Waals surface area contributed by atoms with Crippen molar-refractivity contribution in [1.29, 1.82) is 0 Å². The highest BCUT2D eigenvalue weighted by Gasteiger charge is 2.13. The van der Waals surface area contributed by atoms with Crippen molar-refractivity contribution in [1.82, 2.24) is 4.98 Å². The smallest absolute Gasteiger partial charge is 0.255 e. The molecule has 160 valence electrons. The van der Waals surface area contributed by atoms with Crippen LogP contribution in [-0.2, 0) is 0 Å². The van der Waals surface area contributed by atoms with Crippen LogP contribution < -0.4 is 15.0 Å². The number of carbonyl (C=O) groups excluding carboxylic acids is 1. The monoisotopic (exact) mass is 435 g/mol. The maximum atomic E-state index is 12.8. The summed E-state index contributed by atoms with van der Waals surface area (Å²) in [4.78, 5) is 19.7. The summed E-state index contributed by atoms with van der Waals surface area (Å²) >= 11 is 6.39. The van der Waals surface area contributed by atoms with Gasteiger partial charge >= 0.3 is 0 Å². The lowest BCUT2D eigenvalue weighted by molar-refractivity contribution is 0.102. The molecule has 2 aromatic carbocycles. The Kier molecular flexibility index (Phi) is 6.73. The van der Waals surface area contributed by atoms with Crippen LogP contribution in [0.15, 0.2) is 60.8 Å². The van der Waals surface area contributed by atoms with Gasteiger partial charge in [0.1, 0.15) is 11.6 Å². The third-order valence-electron chi connectivity index (χ3n) is 5.57. The minimum absolute atomic E-state index is 0.198. The van der Waals surface area contributed by atoms with Gasteiger partial charge in [-0.1, -0.05) is 36.6 Å². The van der Waals surface area contributed by atoms with Crippen LogP contribution in [0.5, 0.6) is 5.75 Å². The fourth-order valence-corrected chi connectivity index (χ4v) is 4.04. The lowest BCUT2D eigenvalue weighted by Crippen LogP contribution is -2.24. The Morgan fingerprint density at radius 1 is 1.00 bits per heavy atom. The van der Waals surface area contributed by atoms with Crippen LogP contribution in [0.25, 0.3) is 11.1 Å². The van der Waals surface area contributed by atoms with E-state index in [2.05, 4.69) is 15.2 Å². The number of pyridine rings is 1. The number of ether oxygens (including phenoxy) is 1. The molecule has 1 aromatic heterocycles. The molecule has 0 unspecified atom stereocenters. The predicted molar refractivity (Wildman–Crippen MR) is 126 cm³/mol. The molecule has 0 saturated carbocycles. The molecule has 1 amide bonds. The number of rotatable bonds is 5. The highest BCUT2D eigenvalue weighted by atomic mass is 35.5. The first kappa shape index (κ1) is 21.2. The molecule has 1 saturated heterocycles. The number of anilines is 2. The van der Waals surface area contributed by atoms with Gasteiger partial charge in [0.2, 0.25) is 0 Å². The van der Waals surface area contributed by atoms with Gasteiger partial charge in [0, 0.05) is 29.2 Å². The predicted octanol–water partition coefficient (Wildman–Crippen LogP) is 6.04. The zero-order valence-electron chi connectivity index (χ0n) is 17.6. The molecule has 3 aromatic rings. The van der Waals surface area contributed by atoms with Crippen LogP contribution in [0.3, 0.4) is 0 Å². The second-order valence-corrected chi connectivity index (χ2v) is 8.09. The molecule has 1 aliphatic heterocycles. The fourth-order valence-electron chi connectivity index (χ4n) is 3.81. The molecule has 31 heavy (non-hydrogen) atoms. The summed E-state index contributed by atoms with van der Waals surface area (Å²) in [5, 5.41) is 3.52. The molecule has 0 bridgehead atoms. The summed E-state index contributed by atoms with van der Waals surface area (Å²) in [5.41, 5.74) is 2.92. The Labute approximate surface area is 188 Å². The van der Waals surface area contributed by atoms with Crippen LogP contribution in [0.1, 0.15) is 36.0 Å². The summed E-state index contributed by atoms with van der Waals surface area (Å²) < 4.78 is 5.21. The summed E-state index contributed by atoms with van der Waals surface area (Å²) in [5.74, 6) is 1.54. The standard InChI is InChI=1S/C25H26ClN3O2/c1-31-21-10-6-18(7-11-21)22-16-19(8-12-23(22)26)25(30)28-20-9-13-24(27-17-20)29-14-4-2-3-5-15-29/h6-13,16-17H,2-5,14-15H2,1H3,(H,28,30). The minimum Gasteiger partial charge on any atom is -0.497 e. The summed E-state index contributed by atoms with van der Waals surface area (Å²) in [6, 6.07) is 16.8. The number of methoxy groups -OCH3 is 1. The number of nitrogens with one attached hydrogen (secondary N) is 1. The fraction of sp³-hybridized carbons (Fsp3) is 0.280. The van der Waals surface area contributed by atoms with E-state index in [1.54, 1.807) is 31.5 Å². The lowest BCUT2D eigenvalue weighted by atomic mass is 10.0. The van der Waals surface area contributed by atoms with Gasteiger partial charge in [-0.2, -0.15) is 0 Å². The molecular weight excluding hydrogens is 410 g/mol. The van der Waals surface area contributed by atoms with Gasteiger partial charge in [-0.15, -0.1) is 0 Å². The van der Waals surface area contributed by atoms with Crippen molar-refractivity contribution in [2.45, 2.75) is 25.7 Å². The molecule has 5 nitrogen and oxygen atoms in total. The van der Waals surface area contributed by atoms with Crippen molar-refractivity contribution in [2.75, 3.05) is 30.4 Å². The van der Waals surface area contributed by atoms with E-state index in [9.17, 15) is 4.79 Å². The molecule has 1 fully saturated rings. The maximum Gasteiger partial charge on any atom is 0.255 e. The van der Waals surface area contributed by atoms with Gasteiger partial charge in [-0.25, -0.2) is 4.98 Å². The van der Waals surface area contributed by atoms with Crippen LogP contribution in [-0.4, -0.2) is 31.1 Å². The molecule has 0 spiro atoms. The molecule has 4 rings (SSSR count). The molecule has 0 radical (unpaired) electrons. The molecule has 0 atom stereocenters. The Bertz CT molecular complexity index is 1030. The average Bonchev–Trinajstić information content (AvgIpc) is 3.10. The number of hydrogen-bond acceptors (Lipinski definition) is 4. The van der Waals surface area contributed by atoms with E-state index in [0.717, 1.165) is 35.8 Å². The number of carbonyl (C=O) groups is 1. The van der Waals surface area contributed by atoms with Gasteiger partial charge in [0.15, 0.2) is 0 Å². The number of hydrogen-bond donors (Lipinski definition) is 1. The van der Waals surface area contributed by atoms with Crippen LogP contribution in [0.2, 0.25) is 5.02 Å². The second kappa shape index (κ2) is 9.84. The van der Waals surface area contributed by atoms with Gasteiger partial charge in [0.25, 0.3) is 5.91 Å². The molecule has 1 N–H and O–H groups in total.